The Balaban J connectivity index is 1.15. The van der Waals surface area contributed by atoms with E-state index in [1.807, 2.05) is 0 Å². The minimum absolute atomic E-state index is 1.03. The molecule has 0 atom stereocenters. The van der Waals surface area contributed by atoms with Crippen LogP contribution in [-0.4, -0.2) is 9.55 Å². The van der Waals surface area contributed by atoms with Gasteiger partial charge in [0.2, 0.25) is 0 Å². The van der Waals surface area contributed by atoms with Gasteiger partial charge in [-0.25, -0.2) is 4.98 Å². The van der Waals surface area contributed by atoms with E-state index < -0.39 is 0 Å². The van der Waals surface area contributed by atoms with Gasteiger partial charge in [-0.05, 0) is 90.0 Å². The average molecular weight is 620 g/mol. The third-order valence-electron chi connectivity index (χ3n) is 8.83. The van der Waals surface area contributed by atoms with Gasteiger partial charge in [0.25, 0.3) is 0 Å². The van der Waals surface area contributed by atoms with Gasteiger partial charge in [-0.15, -0.1) is 11.3 Å². The van der Waals surface area contributed by atoms with Gasteiger partial charge < -0.3 is 9.47 Å². The number of benzene rings is 7. The van der Waals surface area contributed by atoms with E-state index in [0.29, 0.717) is 0 Å². The lowest BCUT2D eigenvalue weighted by molar-refractivity contribution is 1.18. The lowest BCUT2D eigenvalue weighted by Crippen LogP contribution is -2.09. The van der Waals surface area contributed by atoms with Gasteiger partial charge in [-0.1, -0.05) is 97.1 Å². The molecule has 0 saturated carbocycles. The lowest BCUT2D eigenvalue weighted by atomic mass is 10.0. The molecule has 4 heteroatoms. The quantitative estimate of drug-likeness (QED) is 0.185. The van der Waals surface area contributed by atoms with Crippen molar-refractivity contribution in [3.05, 3.63) is 176 Å². The molecular weight excluding hydrogens is 591 g/mol. The van der Waals surface area contributed by atoms with Gasteiger partial charge >= 0.3 is 0 Å². The summed E-state index contributed by atoms with van der Waals surface area (Å²) in [5.41, 5.74) is 11.4. The van der Waals surface area contributed by atoms with Crippen LogP contribution in [0.3, 0.4) is 0 Å². The van der Waals surface area contributed by atoms with Crippen LogP contribution >= 0.6 is 11.3 Å². The van der Waals surface area contributed by atoms with Crippen LogP contribution in [0, 0.1) is 0 Å². The minimum Gasteiger partial charge on any atom is -0.311 e. The number of rotatable bonds is 6. The van der Waals surface area contributed by atoms with Gasteiger partial charge in [0, 0.05) is 33.4 Å². The van der Waals surface area contributed by atoms with Crippen LogP contribution in [0.1, 0.15) is 0 Å². The van der Waals surface area contributed by atoms with Crippen LogP contribution < -0.4 is 4.90 Å². The lowest BCUT2D eigenvalue weighted by Gasteiger charge is -2.25. The molecule has 0 bridgehead atoms. The van der Waals surface area contributed by atoms with E-state index in [4.69, 9.17) is 4.98 Å². The molecule has 2 heterocycles. The van der Waals surface area contributed by atoms with Crippen molar-refractivity contribution in [2.45, 2.75) is 0 Å². The molecule has 9 rings (SSSR count). The number of nitrogens with zero attached hydrogens (tertiary/aromatic N) is 3. The number of para-hydroxylation sites is 5. The van der Waals surface area contributed by atoms with E-state index in [-0.39, 0.29) is 0 Å². The molecule has 0 N–H and O–H groups in total. The van der Waals surface area contributed by atoms with Crippen molar-refractivity contribution in [2.75, 3.05) is 4.90 Å². The van der Waals surface area contributed by atoms with Gasteiger partial charge in [0.15, 0.2) is 0 Å². The Morgan fingerprint density at radius 2 is 1.06 bits per heavy atom. The number of fused-ring (bicyclic) bond motifs is 4. The Morgan fingerprint density at radius 3 is 1.83 bits per heavy atom. The second-order valence-corrected chi connectivity index (χ2v) is 12.7. The van der Waals surface area contributed by atoms with Crippen molar-refractivity contribution in [2.24, 2.45) is 0 Å². The molecule has 9 aromatic rings. The van der Waals surface area contributed by atoms with Crippen LogP contribution in [-0.2, 0) is 0 Å². The molecule has 0 aliphatic heterocycles. The van der Waals surface area contributed by atoms with Crippen LogP contribution in [0.4, 0.5) is 17.1 Å². The summed E-state index contributed by atoms with van der Waals surface area (Å²) in [5, 5.41) is 3.50. The maximum atomic E-state index is 5.03. The zero-order valence-electron chi connectivity index (χ0n) is 25.5. The van der Waals surface area contributed by atoms with E-state index in [0.717, 1.165) is 38.8 Å². The normalized spacial score (nSPS) is 11.4. The number of thiazole rings is 1. The molecule has 0 spiro atoms. The summed E-state index contributed by atoms with van der Waals surface area (Å²) in [5.74, 6) is 0. The summed E-state index contributed by atoms with van der Waals surface area (Å²) in [6.07, 6.45) is 0. The summed E-state index contributed by atoms with van der Waals surface area (Å²) in [6.45, 7) is 0. The van der Waals surface area contributed by atoms with Gasteiger partial charge in [0.1, 0.15) is 5.01 Å². The fraction of sp³-hybridized carbons (Fsp3) is 0. The molecule has 0 aliphatic carbocycles. The van der Waals surface area contributed by atoms with Crippen LogP contribution in [0.15, 0.2) is 176 Å². The second-order valence-electron chi connectivity index (χ2n) is 11.6. The molecule has 0 aliphatic rings. The third kappa shape index (κ3) is 4.78. The van der Waals surface area contributed by atoms with Crippen molar-refractivity contribution in [3.63, 3.8) is 0 Å². The average Bonchev–Trinajstić information content (AvgIpc) is 3.72. The predicted octanol–water partition coefficient (Wildman–Crippen LogP) is 12.2. The molecule has 7 aromatic carbocycles. The number of hydrogen-bond donors (Lipinski definition) is 0. The van der Waals surface area contributed by atoms with Gasteiger partial charge in [0.05, 0.1) is 26.9 Å². The smallest absolute Gasteiger partial charge is 0.126 e. The first-order chi connectivity index (χ1) is 23.3. The highest BCUT2D eigenvalue weighted by Crippen LogP contribution is 2.40. The van der Waals surface area contributed by atoms with Crippen molar-refractivity contribution >= 4 is 60.4 Å². The van der Waals surface area contributed by atoms with E-state index in [9.17, 15) is 0 Å². The van der Waals surface area contributed by atoms with Crippen LogP contribution in [0.2, 0.25) is 0 Å². The molecule has 0 amide bonds. The number of aromatic nitrogens is 2. The Kier molecular flexibility index (Phi) is 6.65. The van der Waals surface area contributed by atoms with Crippen LogP contribution in [0.5, 0.6) is 0 Å². The maximum absolute atomic E-state index is 5.03. The van der Waals surface area contributed by atoms with Gasteiger partial charge in [-0.2, -0.15) is 0 Å². The standard InChI is InChI=1S/C43H29N3S/c1-3-13-32(14-4-1)45(33-15-5-2-6-16-33)34-26-23-30(24-27-34)31-25-28-41-37(29-31)35-17-7-10-20-39(35)46(41)40-21-11-8-18-36(40)43-44-38-19-9-12-22-42(38)47-43/h1-29H. The van der Waals surface area contributed by atoms with E-state index >= 15 is 0 Å². The Labute approximate surface area is 277 Å². The Bertz CT molecular complexity index is 2440. The van der Waals surface area contributed by atoms with Crippen molar-refractivity contribution in [1.29, 1.82) is 0 Å². The van der Waals surface area contributed by atoms with Gasteiger partial charge in [-0.3, -0.25) is 0 Å². The minimum atomic E-state index is 1.03. The van der Waals surface area contributed by atoms with Crippen molar-refractivity contribution in [3.8, 4) is 27.4 Å². The zero-order valence-corrected chi connectivity index (χ0v) is 26.3. The third-order valence-corrected chi connectivity index (χ3v) is 9.90. The highest BCUT2D eigenvalue weighted by molar-refractivity contribution is 7.21. The predicted molar refractivity (Wildman–Crippen MR) is 200 cm³/mol. The Hall–Kier alpha value is -5.97. The molecule has 0 fully saturated rings. The summed E-state index contributed by atoms with van der Waals surface area (Å²) in [7, 11) is 0. The van der Waals surface area contributed by atoms with E-state index in [1.165, 1.54) is 37.6 Å². The summed E-state index contributed by atoms with van der Waals surface area (Å²) < 4.78 is 3.60. The molecule has 3 nitrogen and oxygen atoms in total. The first kappa shape index (κ1) is 27.3. The summed E-state index contributed by atoms with van der Waals surface area (Å²) in [6, 6.07) is 62.6. The number of anilines is 3. The molecule has 0 radical (unpaired) electrons. The van der Waals surface area contributed by atoms with Crippen LogP contribution in [0.25, 0.3) is 59.4 Å². The number of hydrogen-bond acceptors (Lipinski definition) is 3. The molecule has 47 heavy (non-hydrogen) atoms. The second kappa shape index (κ2) is 11.4. The monoisotopic (exact) mass is 619 g/mol. The summed E-state index contributed by atoms with van der Waals surface area (Å²) in [4.78, 5) is 7.32. The van der Waals surface area contributed by atoms with E-state index in [1.54, 1.807) is 11.3 Å². The molecule has 0 unspecified atom stereocenters. The topological polar surface area (TPSA) is 21.1 Å². The van der Waals surface area contributed by atoms with Crippen molar-refractivity contribution < 1.29 is 0 Å². The molecular formula is C43H29N3S. The first-order valence-electron chi connectivity index (χ1n) is 15.8. The SMILES string of the molecule is c1ccc(N(c2ccccc2)c2ccc(-c3ccc4c(c3)c3ccccc3n4-c3ccccc3-c3nc4ccccc4s3)cc2)cc1. The fourth-order valence-corrected chi connectivity index (χ4v) is 7.65. The largest absolute Gasteiger partial charge is 0.311 e. The Morgan fingerprint density at radius 1 is 0.468 bits per heavy atom. The summed E-state index contributed by atoms with van der Waals surface area (Å²) >= 11 is 1.74. The molecule has 0 saturated heterocycles. The maximum Gasteiger partial charge on any atom is 0.126 e. The fourth-order valence-electron chi connectivity index (χ4n) is 6.65. The molecule has 222 valence electrons. The highest BCUT2D eigenvalue weighted by atomic mass is 32.1. The van der Waals surface area contributed by atoms with E-state index in [2.05, 4.69) is 185 Å². The van der Waals surface area contributed by atoms with Crippen molar-refractivity contribution in [1.82, 2.24) is 9.55 Å². The molecule has 2 aromatic heterocycles. The highest BCUT2D eigenvalue weighted by Gasteiger charge is 2.18. The first-order valence-corrected chi connectivity index (χ1v) is 16.6. The zero-order chi connectivity index (χ0) is 31.2.